The number of aromatic nitrogens is 2. The molecule has 2 aromatic rings. The Labute approximate surface area is 119 Å². The van der Waals surface area contributed by atoms with Crippen LogP contribution in [0.5, 0.6) is 0 Å². The number of hydrogen-bond donors (Lipinski definition) is 0. The summed E-state index contributed by atoms with van der Waals surface area (Å²) in [4.78, 5) is 16.6. The molecule has 3 rings (SSSR count). The lowest BCUT2D eigenvalue weighted by molar-refractivity contribution is 0.0911. The van der Waals surface area contributed by atoms with Crippen LogP contribution in [0.4, 0.5) is 0 Å². The van der Waals surface area contributed by atoms with E-state index in [1.54, 1.807) is 0 Å². The van der Waals surface area contributed by atoms with Crippen molar-refractivity contribution in [3.05, 3.63) is 47.0 Å². The normalized spacial score (nSPS) is 17.1. The van der Waals surface area contributed by atoms with Gasteiger partial charge in [-0.25, -0.2) is 0 Å². The summed E-state index contributed by atoms with van der Waals surface area (Å²) in [5.41, 5.74) is 5.34. The van der Waals surface area contributed by atoms with Crippen LogP contribution in [0.2, 0.25) is 0 Å². The van der Waals surface area contributed by atoms with Crippen LogP contribution in [0.3, 0.4) is 0 Å². The molecule has 20 heavy (non-hydrogen) atoms. The number of hydrogen-bond acceptors (Lipinski definition) is 2. The van der Waals surface area contributed by atoms with Gasteiger partial charge in [-0.15, -0.1) is 0 Å². The largest absolute Gasteiger partial charge is 0.316 e. The molecule has 0 radical (unpaired) electrons. The van der Waals surface area contributed by atoms with Crippen LogP contribution >= 0.6 is 0 Å². The van der Waals surface area contributed by atoms with E-state index in [0.29, 0.717) is 6.42 Å². The first-order valence-electron chi connectivity index (χ1n) is 7.04. The summed E-state index contributed by atoms with van der Waals surface area (Å²) in [5, 5.41) is 0. The molecule has 104 valence electrons. The Morgan fingerprint density at radius 1 is 1.15 bits per heavy atom. The fraction of sp³-hybridized carbons (Fsp3) is 0.412. The molecule has 0 fully saturated rings. The molecule has 0 amide bonds. The number of aryl methyl sites for hydroxylation is 2. The highest BCUT2D eigenvalue weighted by Gasteiger charge is 2.34. The Morgan fingerprint density at radius 3 is 2.60 bits per heavy atom. The third-order valence-electron chi connectivity index (χ3n) is 3.99. The van der Waals surface area contributed by atoms with Crippen molar-refractivity contribution in [3.8, 4) is 5.69 Å². The maximum Gasteiger partial charge on any atom is 0.165 e. The predicted molar refractivity (Wildman–Crippen MR) is 79.5 cm³/mol. The smallest absolute Gasteiger partial charge is 0.165 e. The van der Waals surface area contributed by atoms with Crippen molar-refractivity contribution in [2.24, 2.45) is 5.41 Å². The van der Waals surface area contributed by atoms with Gasteiger partial charge in [-0.05, 0) is 43.4 Å². The van der Waals surface area contributed by atoms with Gasteiger partial charge in [0.25, 0.3) is 0 Å². The van der Waals surface area contributed by atoms with E-state index in [2.05, 4.69) is 36.4 Å². The predicted octanol–water partition coefficient (Wildman–Crippen LogP) is 3.64. The number of ketones is 1. The maximum absolute atomic E-state index is 12.3. The molecular weight excluding hydrogens is 248 g/mol. The van der Waals surface area contributed by atoms with Crippen molar-refractivity contribution in [1.82, 2.24) is 9.55 Å². The van der Waals surface area contributed by atoms with Crippen molar-refractivity contribution in [2.45, 2.75) is 40.5 Å². The molecule has 1 aliphatic carbocycles. The quantitative estimate of drug-likeness (QED) is 0.791. The number of rotatable bonds is 1. The zero-order chi connectivity index (χ0) is 14.5. The van der Waals surface area contributed by atoms with Crippen LogP contribution in [0.1, 0.15) is 47.6 Å². The van der Waals surface area contributed by atoms with E-state index in [4.69, 9.17) is 0 Å². The first-order chi connectivity index (χ1) is 9.37. The van der Waals surface area contributed by atoms with Gasteiger partial charge in [0.2, 0.25) is 0 Å². The number of pyridine rings is 1. The third kappa shape index (κ3) is 2.07. The van der Waals surface area contributed by atoms with Crippen LogP contribution < -0.4 is 0 Å². The van der Waals surface area contributed by atoms with E-state index in [1.165, 1.54) is 0 Å². The van der Waals surface area contributed by atoms with E-state index >= 15 is 0 Å². The number of nitrogens with zero attached hydrogens (tertiary/aromatic N) is 2. The fourth-order valence-electron chi connectivity index (χ4n) is 3.17. The Morgan fingerprint density at radius 2 is 1.90 bits per heavy atom. The van der Waals surface area contributed by atoms with Gasteiger partial charge in [-0.2, -0.15) is 0 Å². The van der Waals surface area contributed by atoms with Gasteiger partial charge in [0.15, 0.2) is 5.78 Å². The third-order valence-corrected chi connectivity index (χ3v) is 3.99. The monoisotopic (exact) mass is 268 g/mol. The molecule has 0 N–H and O–H groups in total. The average molecular weight is 268 g/mol. The molecule has 0 bridgehead atoms. The summed E-state index contributed by atoms with van der Waals surface area (Å²) in [7, 11) is 0. The lowest BCUT2D eigenvalue weighted by Crippen LogP contribution is -2.27. The summed E-state index contributed by atoms with van der Waals surface area (Å²) in [6.07, 6.45) is 5.28. The maximum atomic E-state index is 12.3. The Kier molecular flexibility index (Phi) is 2.82. The first-order valence-corrected chi connectivity index (χ1v) is 7.04. The highest BCUT2D eigenvalue weighted by Crippen LogP contribution is 2.37. The molecule has 3 nitrogen and oxygen atoms in total. The molecule has 0 spiro atoms. The van der Waals surface area contributed by atoms with Gasteiger partial charge in [0.1, 0.15) is 0 Å². The van der Waals surface area contributed by atoms with Crippen LogP contribution in [-0.4, -0.2) is 15.3 Å². The van der Waals surface area contributed by atoms with E-state index in [0.717, 1.165) is 34.6 Å². The SMILES string of the molecule is Cc1cncc(-n2c(C)cc3c2CC(C)(C)CC3=O)c1. The molecule has 2 aromatic heterocycles. The number of carbonyl (C=O) groups is 1. The number of carbonyl (C=O) groups excluding carboxylic acids is 1. The van der Waals surface area contributed by atoms with Gasteiger partial charge in [0, 0.05) is 29.6 Å². The molecule has 0 saturated heterocycles. The van der Waals surface area contributed by atoms with Gasteiger partial charge in [-0.1, -0.05) is 13.8 Å². The zero-order valence-corrected chi connectivity index (χ0v) is 12.5. The number of fused-ring (bicyclic) bond motifs is 1. The van der Waals surface area contributed by atoms with Crippen LogP contribution in [-0.2, 0) is 6.42 Å². The van der Waals surface area contributed by atoms with Crippen LogP contribution in [0.25, 0.3) is 5.69 Å². The lowest BCUT2D eigenvalue weighted by atomic mass is 9.76. The molecule has 3 heteroatoms. The molecule has 0 unspecified atom stereocenters. The highest BCUT2D eigenvalue weighted by molar-refractivity contribution is 5.99. The highest BCUT2D eigenvalue weighted by atomic mass is 16.1. The van der Waals surface area contributed by atoms with Crippen LogP contribution in [0.15, 0.2) is 24.5 Å². The van der Waals surface area contributed by atoms with Crippen LogP contribution in [0, 0.1) is 19.3 Å². The number of Topliss-reactive ketones (excluding diaryl/α,β-unsaturated/α-hetero) is 1. The minimum absolute atomic E-state index is 0.0316. The summed E-state index contributed by atoms with van der Waals surface area (Å²) >= 11 is 0. The zero-order valence-electron chi connectivity index (χ0n) is 12.5. The van der Waals surface area contributed by atoms with Gasteiger partial charge in [0.05, 0.1) is 11.9 Å². The Hall–Kier alpha value is -1.90. The molecule has 0 saturated carbocycles. The second kappa shape index (κ2) is 4.30. The van der Waals surface area contributed by atoms with Gasteiger partial charge < -0.3 is 4.57 Å². The van der Waals surface area contributed by atoms with Crippen molar-refractivity contribution < 1.29 is 4.79 Å². The first kappa shape index (κ1) is 13.1. The molecule has 0 aromatic carbocycles. The van der Waals surface area contributed by atoms with Gasteiger partial charge >= 0.3 is 0 Å². The summed E-state index contributed by atoms with van der Waals surface area (Å²) in [6.45, 7) is 8.42. The lowest BCUT2D eigenvalue weighted by Gasteiger charge is -2.29. The Bertz CT molecular complexity index is 695. The minimum Gasteiger partial charge on any atom is -0.316 e. The van der Waals surface area contributed by atoms with Crippen molar-refractivity contribution in [2.75, 3.05) is 0 Å². The minimum atomic E-state index is 0.0316. The summed E-state index contributed by atoms with van der Waals surface area (Å²) < 4.78 is 2.19. The Balaban J connectivity index is 2.21. The molecular formula is C17H20N2O. The molecule has 0 aliphatic heterocycles. The molecule has 0 atom stereocenters. The van der Waals surface area contributed by atoms with Crippen molar-refractivity contribution in [3.63, 3.8) is 0 Å². The summed E-state index contributed by atoms with van der Waals surface area (Å²) in [6, 6.07) is 4.14. The van der Waals surface area contributed by atoms with Crippen molar-refractivity contribution >= 4 is 5.78 Å². The van der Waals surface area contributed by atoms with Gasteiger partial charge in [-0.3, -0.25) is 9.78 Å². The fourth-order valence-corrected chi connectivity index (χ4v) is 3.17. The average Bonchev–Trinajstić information content (AvgIpc) is 2.64. The molecule has 2 heterocycles. The van der Waals surface area contributed by atoms with E-state index in [-0.39, 0.29) is 11.2 Å². The summed E-state index contributed by atoms with van der Waals surface area (Å²) in [5.74, 6) is 0.263. The molecule has 1 aliphatic rings. The van der Waals surface area contributed by atoms with E-state index in [9.17, 15) is 4.79 Å². The standard InChI is InChI=1S/C17H20N2O/c1-11-5-13(10-18-9-11)19-12(2)6-14-15(19)7-17(3,4)8-16(14)20/h5-6,9-10H,7-8H2,1-4H3. The van der Waals surface area contributed by atoms with E-state index < -0.39 is 0 Å². The second-order valence-electron chi connectivity index (χ2n) is 6.64. The second-order valence-corrected chi connectivity index (χ2v) is 6.64. The topological polar surface area (TPSA) is 34.9 Å². The van der Waals surface area contributed by atoms with Crippen molar-refractivity contribution in [1.29, 1.82) is 0 Å². The van der Waals surface area contributed by atoms with E-state index in [1.807, 2.05) is 25.4 Å².